The summed E-state index contributed by atoms with van der Waals surface area (Å²) in [6.45, 7) is 11.8. The van der Waals surface area contributed by atoms with E-state index in [4.69, 9.17) is 16.0 Å². The van der Waals surface area contributed by atoms with Crippen molar-refractivity contribution in [2.45, 2.75) is 95.5 Å². The number of rotatable bonds is 24. The van der Waals surface area contributed by atoms with E-state index >= 15 is 9.59 Å². The molecule has 1 atom stereocenters. The molecule has 0 radical (unpaired) electrons. The molecule has 6 aromatic rings. The molecule has 0 spiro atoms. The molecule has 342 valence electrons. The number of aryl methyl sites for hydroxylation is 1. The smallest absolute Gasteiger partial charge is 0.335 e. The zero-order valence-corrected chi connectivity index (χ0v) is 38.3. The molecular formula is C50H58N6O8S. The predicted octanol–water partition coefficient (Wildman–Crippen LogP) is 9.78. The van der Waals surface area contributed by atoms with Crippen LogP contribution in [0.15, 0.2) is 107 Å². The van der Waals surface area contributed by atoms with Gasteiger partial charge in [-0.25, -0.2) is 27.3 Å². The van der Waals surface area contributed by atoms with Crippen molar-refractivity contribution in [2.24, 2.45) is 7.05 Å². The van der Waals surface area contributed by atoms with Gasteiger partial charge in [0.25, 0.3) is 17.7 Å². The number of aromatic nitrogens is 3. The van der Waals surface area contributed by atoms with Gasteiger partial charge in [0.1, 0.15) is 5.75 Å². The Morgan fingerprint density at radius 1 is 0.846 bits per heavy atom. The van der Waals surface area contributed by atoms with Crippen LogP contribution in [0.25, 0.3) is 27.0 Å². The Kier molecular flexibility index (Phi) is 16.4. The first kappa shape index (κ1) is 47.8. The fraction of sp³-hybridized carbons (Fsp3) is 0.360. The van der Waals surface area contributed by atoms with Crippen molar-refractivity contribution in [2.75, 3.05) is 25.6 Å². The number of fused-ring (bicyclic) bond motifs is 1. The first-order chi connectivity index (χ1) is 31.4. The van der Waals surface area contributed by atoms with Crippen LogP contribution >= 0.6 is 0 Å². The highest BCUT2D eigenvalue weighted by atomic mass is 32.2. The summed E-state index contributed by atoms with van der Waals surface area (Å²) in [6, 6.07) is 24.7. The number of nitrogens with zero attached hydrogens (tertiary/aromatic N) is 4. The fourth-order valence-electron chi connectivity index (χ4n) is 8.18. The Morgan fingerprint density at radius 3 is 2.12 bits per heavy atom. The lowest BCUT2D eigenvalue weighted by molar-refractivity contribution is -0.118. The average molecular weight is 903 g/mol. The zero-order valence-electron chi connectivity index (χ0n) is 37.5. The number of Topliss-reactive ketones (excluding diaryl/α,β-unsaturated/α-hetero) is 1. The molecule has 1 amide bonds. The van der Waals surface area contributed by atoms with E-state index in [2.05, 4.69) is 21.8 Å². The maximum absolute atomic E-state index is 15.6. The van der Waals surface area contributed by atoms with Gasteiger partial charge in [0.15, 0.2) is 17.5 Å². The molecule has 3 N–H and O–H groups in total. The molecule has 15 heteroatoms. The van der Waals surface area contributed by atoms with Gasteiger partial charge in [-0.2, -0.15) is 0 Å². The lowest BCUT2D eigenvalue weighted by Gasteiger charge is -2.20. The third-order valence-corrected chi connectivity index (χ3v) is 12.9. The summed E-state index contributed by atoms with van der Waals surface area (Å²) in [4.78, 5) is 48.8. The summed E-state index contributed by atoms with van der Waals surface area (Å²) < 4.78 is 44.9. The first-order valence-corrected chi connectivity index (χ1v) is 23.7. The number of amides is 1. The Bertz CT molecular complexity index is 2810. The second kappa shape index (κ2) is 22.3. The average Bonchev–Trinajstić information content (AvgIpc) is 3.73. The molecule has 0 saturated heterocycles. The monoisotopic (exact) mass is 902 g/mol. The molecule has 0 aliphatic rings. The highest BCUT2D eigenvalue weighted by Gasteiger charge is 2.40. The van der Waals surface area contributed by atoms with Gasteiger partial charge >= 0.3 is 5.69 Å². The Morgan fingerprint density at radius 2 is 1.49 bits per heavy atom. The summed E-state index contributed by atoms with van der Waals surface area (Å²) in [5, 5.41) is 15.0. The molecular weight excluding hydrogens is 845 g/mol. The van der Waals surface area contributed by atoms with Gasteiger partial charge in [0.05, 0.1) is 48.7 Å². The van der Waals surface area contributed by atoms with E-state index in [0.717, 1.165) is 23.8 Å². The SMILES string of the molecule is [C-]#[N+]c1ccc2c(c1)c(C(=O)C(C(=O)Nc1cc(S(=O)(=O)NCCCCCCCCCCCC)ccc1OC)n1c(O)c(OCC)n(Cc3ccccc3)c1=O)c(-c1ccccc1)n2C. The van der Waals surface area contributed by atoms with Gasteiger partial charge < -0.3 is 24.5 Å². The number of ether oxygens (including phenoxy) is 2. The van der Waals surface area contributed by atoms with E-state index in [0.29, 0.717) is 38.7 Å². The van der Waals surface area contributed by atoms with E-state index in [9.17, 15) is 18.3 Å². The molecule has 2 aromatic heterocycles. The van der Waals surface area contributed by atoms with Crippen molar-refractivity contribution >= 4 is 44.0 Å². The van der Waals surface area contributed by atoms with Crippen LogP contribution < -0.4 is 25.2 Å². The minimum Gasteiger partial charge on any atom is -0.495 e. The summed E-state index contributed by atoms with van der Waals surface area (Å²) >= 11 is 0. The predicted molar refractivity (Wildman–Crippen MR) is 254 cm³/mol. The first-order valence-electron chi connectivity index (χ1n) is 22.2. The van der Waals surface area contributed by atoms with Crippen LogP contribution in [0.2, 0.25) is 0 Å². The number of methoxy groups -OCH3 is 1. The zero-order chi connectivity index (χ0) is 46.5. The van der Waals surface area contributed by atoms with Gasteiger partial charge in [0, 0.05) is 24.5 Å². The van der Waals surface area contributed by atoms with Crippen molar-refractivity contribution in [1.29, 1.82) is 0 Å². The molecule has 6 rings (SSSR count). The van der Waals surface area contributed by atoms with Gasteiger partial charge in [-0.1, -0.05) is 131 Å². The van der Waals surface area contributed by atoms with E-state index in [-0.39, 0.29) is 53.2 Å². The van der Waals surface area contributed by atoms with Crippen molar-refractivity contribution in [3.63, 3.8) is 0 Å². The van der Waals surface area contributed by atoms with Crippen LogP contribution in [0.1, 0.15) is 100 Å². The standard InChI is InChI=1S/C50H58N6O8S/c1-6-8-9-10-11-12-13-14-15-22-31-52-65(61,62)38-28-30-42(63-5)40(33-38)53-47(58)45(56-48(59)49(64-7-2)55(50(56)60)34-35-23-18-16-19-24-35)46(57)43-39-32-37(51-3)27-29-41(39)54(4)44(43)36-25-20-17-21-26-36/h16-21,23-30,32-33,45,52,59H,6-15,22,31,34H2,1-2,4-5H3,(H,53,58). The second-order valence-electron chi connectivity index (χ2n) is 15.9. The number of nitrogens with one attached hydrogen (secondary N) is 2. The number of aromatic hydroxyl groups is 1. The molecule has 0 fully saturated rings. The molecule has 0 saturated carbocycles. The van der Waals surface area contributed by atoms with Gasteiger partial charge in [-0.15, -0.1) is 0 Å². The molecule has 65 heavy (non-hydrogen) atoms. The van der Waals surface area contributed by atoms with Crippen molar-refractivity contribution < 1.29 is 32.6 Å². The summed E-state index contributed by atoms with van der Waals surface area (Å²) in [5.41, 5.74) is 1.46. The molecule has 1 unspecified atom stereocenters. The molecule has 0 bridgehead atoms. The summed E-state index contributed by atoms with van der Waals surface area (Å²) in [6.07, 6.45) is 11.0. The Hall–Kier alpha value is -6.63. The maximum atomic E-state index is 15.6. The molecule has 4 aromatic carbocycles. The molecule has 0 aliphatic heterocycles. The quantitative estimate of drug-likeness (QED) is 0.0234. The number of benzene rings is 4. The minimum absolute atomic E-state index is 0.0129. The van der Waals surface area contributed by atoms with Crippen molar-refractivity contribution in [3.05, 3.63) is 130 Å². The van der Waals surface area contributed by atoms with Crippen LogP contribution in [-0.4, -0.2) is 59.2 Å². The third kappa shape index (κ3) is 11.0. The van der Waals surface area contributed by atoms with E-state index < -0.39 is 39.3 Å². The fourth-order valence-corrected chi connectivity index (χ4v) is 9.28. The van der Waals surface area contributed by atoms with Crippen LogP contribution in [0.5, 0.6) is 17.5 Å². The number of ketones is 1. The lowest BCUT2D eigenvalue weighted by atomic mass is 9.96. The molecule has 14 nitrogen and oxygen atoms in total. The summed E-state index contributed by atoms with van der Waals surface area (Å²) in [5.74, 6) is -2.95. The number of anilines is 1. The highest BCUT2D eigenvalue weighted by Crippen LogP contribution is 2.39. The number of imidazole rings is 1. The van der Waals surface area contributed by atoms with Gasteiger partial charge in [-0.3, -0.25) is 14.2 Å². The highest BCUT2D eigenvalue weighted by molar-refractivity contribution is 7.89. The number of carbonyl (C=O) groups is 2. The van der Waals surface area contributed by atoms with E-state index in [1.165, 1.54) is 63.8 Å². The van der Waals surface area contributed by atoms with Crippen LogP contribution in [0.3, 0.4) is 0 Å². The van der Waals surface area contributed by atoms with Crippen molar-refractivity contribution in [1.82, 2.24) is 18.4 Å². The largest absolute Gasteiger partial charge is 0.495 e. The number of hydrogen-bond acceptors (Lipinski definition) is 8. The van der Waals surface area contributed by atoms with E-state index in [1.807, 2.05) is 12.1 Å². The number of hydrogen-bond donors (Lipinski definition) is 3. The third-order valence-electron chi connectivity index (χ3n) is 11.5. The van der Waals surface area contributed by atoms with Crippen LogP contribution in [0.4, 0.5) is 11.4 Å². The number of sulfonamides is 1. The maximum Gasteiger partial charge on any atom is 0.335 e. The minimum atomic E-state index is -4.07. The van der Waals surface area contributed by atoms with Crippen LogP contribution in [0, 0.1) is 6.57 Å². The Balaban J connectivity index is 1.40. The summed E-state index contributed by atoms with van der Waals surface area (Å²) in [7, 11) is -0.971. The topological polar surface area (TPSA) is 167 Å². The molecule has 0 aliphatic carbocycles. The number of carbonyl (C=O) groups excluding carboxylic acids is 2. The number of unbranched alkanes of at least 4 members (excludes halogenated alkanes) is 9. The van der Waals surface area contributed by atoms with Crippen LogP contribution in [-0.2, 0) is 28.4 Å². The molecule has 2 heterocycles. The van der Waals surface area contributed by atoms with Crippen molar-refractivity contribution in [3.8, 4) is 28.8 Å². The van der Waals surface area contributed by atoms with Gasteiger partial charge in [-0.05, 0) is 54.8 Å². The normalized spacial score (nSPS) is 11.9. The lowest BCUT2D eigenvalue weighted by Crippen LogP contribution is -2.39. The second-order valence-corrected chi connectivity index (χ2v) is 17.7. The van der Waals surface area contributed by atoms with Gasteiger partial charge in [0.2, 0.25) is 10.0 Å². The van der Waals surface area contributed by atoms with E-state index in [1.54, 1.807) is 85.3 Å². The Labute approximate surface area is 380 Å².